The van der Waals surface area contributed by atoms with Gasteiger partial charge in [-0.3, -0.25) is 9.69 Å². The fourth-order valence-corrected chi connectivity index (χ4v) is 5.27. The summed E-state index contributed by atoms with van der Waals surface area (Å²) in [6.07, 6.45) is 1.84. The third-order valence-electron chi connectivity index (χ3n) is 6.27. The van der Waals surface area contributed by atoms with Crippen LogP contribution in [-0.4, -0.2) is 30.5 Å². The standard InChI is InChI=1S/C27H28N2O3S/c1-4-29(5-2)20-10-8-19(9-11-20)14-24-26(30)25-18(3)13-23-22(27(25)32-24)16-28(17-31-23)15-21-7-6-12-33-21/h6-14H,4-5,15-17H2,1-3H3/b24-14-. The van der Waals surface area contributed by atoms with Crippen molar-refractivity contribution in [2.75, 3.05) is 24.7 Å². The number of rotatable bonds is 6. The molecule has 2 aliphatic rings. The fourth-order valence-electron chi connectivity index (χ4n) is 4.52. The first-order valence-electron chi connectivity index (χ1n) is 11.4. The van der Waals surface area contributed by atoms with Crippen molar-refractivity contribution in [1.82, 2.24) is 4.90 Å². The minimum Gasteiger partial charge on any atom is -0.478 e. The number of fused-ring (bicyclic) bond motifs is 3. The predicted molar refractivity (Wildman–Crippen MR) is 133 cm³/mol. The molecule has 0 saturated heterocycles. The summed E-state index contributed by atoms with van der Waals surface area (Å²) in [7, 11) is 0. The van der Waals surface area contributed by atoms with Crippen molar-refractivity contribution in [2.24, 2.45) is 0 Å². The first kappa shape index (κ1) is 21.7. The molecule has 5 nitrogen and oxygen atoms in total. The van der Waals surface area contributed by atoms with E-state index in [0.29, 0.717) is 30.3 Å². The van der Waals surface area contributed by atoms with Crippen LogP contribution in [0.3, 0.4) is 0 Å². The molecule has 0 amide bonds. The van der Waals surface area contributed by atoms with Crippen molar-refractivity contribution in [3.05, 3.63) is 80.7 Å². The van der Waals surface area contributed by atoms with Crippen molar-refractivity contribution in [3.8, 4) is 11.5 Å². The van der Waals surface area contributed by atoms with E-state index in [9.17, 15) is 4.79 Å². The number of hydrogen-bond acceptors (Lipinski definition) is 6. The van der Waals surface area contributed by atoms with Crippen molar-refractivity contribution in [3.63, 3.8) is 0 Å². The Morgan fingerprint density at radius 2 is 1.94 bits per heavy atom. The number of allylic oxidation sites excluding steroid dienone is 1. The molecule has 0 aliphatic carbocycles. The van der Waals surface area contributed by atoms with Crippen molar-refractivity contribution >= 4 is 28.9 Å². The van der Waals surface area contributed by atoms with Gasteiger partial charge < -0.3 is 14.4 Å². The lowest BCUT2D eigenvalue weighted by atomic mass is 9.98. The number of nitrogens with zero attached hydrogens (tertiary/aromatic N) is 2. The normalized spacial score (nSPS) is 16.3. The Kier molecular flexibility index (Phi) is 5.96. The van der Waals surface area contributed by atoms with E-state index in [1.807, 2.05) is 31.2 Å². The first-order chi connectivity index (χ1) is 16.1. The Morgan fingerprint density at radius 1 is 1.15 bits per heavy atom. The van der Waals surface area contributed by atoms with Gasteiger partial charge in [-0.05, 0) is 67.6 Å². The summed E-state index contributed by atoms with van der Waals surface area (Å²) in [4.78, 5) is 19.1. The molecular weight excluding hydrogens is 432 g/mol. The highest BCUT2D eigenvalue weighted by atomic mass is 32.1. The van der Waals surface area contributed by atoms with Crippen molar-refractivity contribution in [2.45, 2.75) is 33.9 Å². The van der Waals surface area contributed by atoms with Crippen molar-refractivity contribution in [1.29, 1.82) is 0 Å². The Labute approximate surface area is 198 Å². The lowest BCUT2D eigenvalue weighted by Crippen LogP contribution is -2.31. The lowest BCUT2D eigenvalue weighted by Gasteiger charge is -2.29. The molecule has 33 heavy (non-hydrogen) atoms. The molecule has 3 heterocycles. The number of thiophene rings is 1. The Balaban J connectivity index is 1.42. The largest absolute Gasteiger partial charge is 0.478 e. The van der Waals surface area contributed by atoms with Crippen LogP contribution >= 0.6 is 11.3 Å². The van der Waals surface area contributed by atoms with Crippen LogP contribution in [-0.2, 0) is 13.1 Å². The molecule has 0 bridgehead atoms. The topological polar surface area (TPSA) is 42.0 Å². The Hall–Kier alpha value is -3.09. The molecule has 3 aromatic rings. The average molecular weight is 461 g/mol. The molecule has 1 aromatic heterocycles. The summed E-state index contributed by atoms with van der Waals surface area (Å²) in [6.45, 7) is 10.2. The molecule has 0 radical (unpaired) electrons. The van der Waals surface area contributed by atoms with E-state index in [1.165, 1.54) is 10.6 Å². The van der Waals surface area contributed by atoms with Crippen LogP contribution in [0.15, 0.2) is 53.6 Å². The molecule has 2 aromatic carbocycles. The molecular formula is C27H28N2O3S. The number of Topliss-reactive ketones (excluding diaryl/α,β-unsaturated/α-hetero) is 1. The van der Waals surface area contributed by atoms with Crippen LogP contribution in [0.4, 0.5) is 5.69 Å². The monoisotopic (exact) mass is 460 g/mol. The number of ether oxygens (including phenoxy) is 2. The molecule has 0 fully saturated rings. The summed E-state index contributed by atoms with van der Waals surface area (Å²) in [5, 5.41) is 2.09. The molecule has 0 spiro atoms. The summed E-state index contributed by atoms with van der Waals surface area (Å²) in [6, 6.07) is 14.4. The van der Waals surface area contributed by atoms with E-state index in [0.717, 1.165) is 42.1 Å². The van der Waals surface area contributed by atoms with Crippen LogP contribution in [0.1, 0.15) is 45.8 Å². The van der Waals surface area contributed by atoms with E-state index >= 15 is 0 Å². The van der Waals surface area contributed by atoms with Crippen LogP contribution in [0.25, 0.3) is 6.08 Å². The molecule has 0 saturated carbocycles. The fraction of sp³-hybridized carbons (Fsp3) is 0.296. The van der Waals surface area contributed by atoms with Gasteiger partial charge in [0.25, 0.3) is 0 Å². The molecule has 6 heteroatoms. The van der Waals surface area contributed by atoms with Gasteiger partial charge in [-0.25, -0.2) is 0 Å². The summed E-state index contributed by atoms with van der Waals surface area (Å²) >= 11 is 1.74. The van der Waals surface area contributed by atoms with Crippen LogP contribution in [0.5, 0.6) is 11.5 Å². The Bertz CT molecular complexity index is 1200. The molecule has 0 N–H and O–H groups in total. The average Bonchev–Trinajstić information content (AvgIpc) is 3.45. The predicted octanol–water partition coefficient (Wildman–Crippen LogP) is 5.87. The minimum absolute atomic E-state index is 0.0616. The Morgan fingerprint density at radius 3 is 2.64 bits per heavy atom. The SMILES string of the molecule is CCN(CC)c1ccc(/C=C2\Oc3c4c(cc(C)c3C2=O)OCN(Cc2cccs2)C4)cc1. The molecule has 2 aliphatic heterocycles. The molecule has 5 rings (SSSR count). The van der Waals surface area contributed by atoms with Crippen LogP contribution < -0.4 is 14.4 Å². The molecule has 0 atom stereocenters. The maximum Gasteiger partial charge on any atom is 0.232 e. The van der Waals surface area contributed by atoms with Crippen LogP contribution in [0.2, 0.25) is 0 Å². The van der Waals surface area contributed by atoms with E-state index in [4.69, 9.17) is 9.47 Å². The van der Waals surface area contributed by atoms with Gasteiger partial charge in [-0.1, -0.05) is 18.2 Å². The van der Waals surface area contributed by atoms with Gasteiger partial charge in [-0.2, -0.15) is 0 Å². The number of carbonyl (C=O) groups is 1. The minimum atomic E-state index is -0.0616. The summed E-state index contributed by atoms with van der Waals surface area (Å²) in [5.41, 5.74) is 4.62. The zero-order chi connectivity index (χ0) is 22.9. The van der Waals surface area contributed by atoms with E-state index < -0.39 is 0 Å². The quantitative estimate of drug-likeness (QED) is 0.430. The van der Waals surface area contributed by atoms with Gasteiger partial charge in [0.05, 0.1) is 11.1 Å². The zero-order valence-corrected chi connectivity index (χ0v) is 20.1. The number of aryl methyl sites for hydroxylation is 1. The summed E-state index contributed by atoms with van der Waals surface area (Å²) < 4.78 is 12.3. The maximum atomic E-state index is 13.3. The lowest BCUT2D eigenvalue weighted by molar-refractivity contribution is 0.0881. The number of anilines is 1. The second kappa shape index (κ2) is 9.04. The number of carbonyl (C=O) groups excluding carboxylic acids is 1. The second-order valence-electron chi connectivity index (χ2n) is 8.42. The molecule has 0 unspecified atom stereocenters. The van der Waals surface area contributed by atoms with Gasteiger partial charge in [0, 0.05) is 36.7 Å². The third kappa shape index (κ3) is 4.16. The highest BCUT2D eigenvalue weighted by Crippen LogP contribution is 2.44. The van der Waals surface area contributed by atoms with Crippen LogP contribution in [0, 0.1) is 6.92 Å². The van der Waals surface area contributed by atoms with E-state index in [1.54, 1.807) is 11.3 Å². The first-order valence-corrected chi connectivity index (χ1v) is 12.3. The summed E-state index contributed by atoms with van der Waals surface area (Å²) in [5.74, 6) is 1.77. The third-order valence-corrected chi connectivity index (χ3v) is 7.13. The number of benzene rings is 2. The number of hydrogen-bond donors (Lipinski definition) is 0. The van der Waals surface area contributed by atoms with Crippen molar-refractivity contribution < 1.29 is 14.3 Å². The zero-order valence-electron chi connectivity index (χ0n) is 19.3. The van der Waals surface area contributed by atoms with E-state index in [2.05, 4.69) is 53.3 Å². The van der Waals surface area contributed by atoms with Gasteiger partial charge >= 0.3 is 0 Å². The van der Waals surface area contributed by atoms with Gasteiger partial charge in [0.2, 0.25) is 5.78 Å². The highest BCUT2D eigenvalue weighted by molar-refractivity contribution is 7.09. The maximum absolute atomic E-state index is 13.3. The second-order valence-corrected chi connectivity index (χ2v) is 9.45. The van der Waals surface area contributed by atoms with Gasteiger partial charge in [0.1, 0.15) is 18.2 Å². The number of ketones is 1. The van der Waals surface area contributed by atoms with Gasteiger partial charge in [-0.15, -0.1) is 11.3 Å². The van der Waals surface area contributed by atoms with E-state index in [-0.39, 0.29) is 5.78 Å². The van der Waals surface area contributed by atoms with Gasteiger partial charge in [0.15, 0.2) is 5.76 Å². The highest BCUT2D eigenvalue weighted by Gasteiger charge is 2.35. The smallest absolute Gasteiger partial charge is 0.232 e. The molecule has 170 valence electrons.